The van der Waals surface area contributed by atoms with Gasteiger partial charge >= 0.3 is 0 Å². The van der Waals surface area contributed by atoms with E-state index in [9.17, 15) is 4.79 Å². The van der Waals surface area contributed by atoms with Crippen LogP contribution in [-0.4, -0.2) is 37.0 Å². The fourth-order valence-electron chi connectivity index (χ4n) is 2.54. The maximum Gasteiger partial charge on any atom is 0.238 e. The number of benzene rings is 1. The van der Waals surface area contributed by atoms with E-state index in [1.54, 1.807) is 0 Å². The van der Waals surface area contributed by atoms with Gasteiger partial charge in [0.25, 0.3) is 0 Å². The second-order valence-corrected chi connectivity index (χ2v) is 6.38. The van der Waals surface area contributed by atoms with Crippen molar-refractivity contribution in [3.8, 4) is 0 Å². The molecule has 0 saturated carbocycles. The van der Waals surface area contributed by atoms with Crippen LogP contribution in [0.2, 0.25) is 0 Å². The number of likely N-dealkylation sites (tertiary alicyclic amines) is 1. The molecular formula is C15H23BrClN3O. The molecule has 0 unspecified atom stereocenters. The summed E-state index contributed by atoms with van der Waals surface area (Å²) in [5.74, 6) is 0.685. The molecule has 1 saturated heterocycles. The summed E-state index contributed by atoms with van der Waals surface area (Å²) in [5.41, 5.74) is 7.63. The lowest BCUT2D eigenvalue weighted by atomic mass is 9.97. The molecule has 1 aromatic rings. The number of carbonyl (C=O) groups excluding carboxylic acids is 1. The summed E-state index contributed by atoms with van der Waals surface area (Å²) in [6, 6.07) is 5.87. The van der Waals surface area contributed by atoms with Crippen molar-refractivity contribution in [3.63, 3.8) is 0 Å². The standard InChI is InChI=1S/C15H22BrN3O.ClH/c1-11-8-13(16)2-3-14(11)18-15(20)10-19-6-4-12(9-17)5-7-19;/h2-3,8,12H,4-7,9-10,17H2,1H3,(H,18,20);1H. The lowest BCUT2D eigenvalue weighted by Crippen LogP contribution is -2.40. The van der Waals surface area contributed by atoms with E-state index in [1.165, 1.54) is 0 Å². The second-order valence-electron chi connectivity index (χ2n) is 5.46. The Hall–Kier alpha value is -0.620. The highest BCUT2D eigenvalue weighted by Crippen LogP contribution is 2.20. The molecule has 0 aromatic heterocycles. The molecule has 1 fully saturated rings. The number of anilines is 1. The van der Waals surface area contributed by atoms with Crippen LogP contribution in [0.5, 0.6) is 0 Å². The first-order chi connectivity index (χ1) is 9.58. The molecule has 2 rings (SSSR count). The molecule has 1 aliphatic rings. The summed E-state index contributed by atoms with van der Waals surface area (Å²) < 4.78 is 1.02. The quantitative estimate of drug-likeness (QED) is 0.849. The number of nitrogens with two attached hydrogens (primary N) is 1. The zero-order chi connectivity index (χ0) is 14.5. The normalized spacial score (nSPS) is 16.3. The fraction of sp³-hybridized carbons (Fsp3) is 0.533. The Balaban J connectivity index is 0.00000220. The molecule has 1 heterocycles. The van der Waals surface area contributed by atoms with E-state index in [0.29, 0.717) is 12.5 Å². The highest BCUT2D eigenvalue weighted by Gasteiger charge is 2.19. The van der Waals surface area contributed by atoms with Gasteiger partial charge in [-0.25, -0.2) is 0 Å². The van der Waals surface area contributed by atoms with Gasteiger partial charge in [0.05, 0.1) is 6.54 Å². The van der Waals surface area contributed by atoms with Gasteiger partial charge in [0.1, 0.15) is 0 Å². The van der Waals surface area contributed by atoms with Crippen LogP contribution in [0.4, 0.5) is 5.69 Å². The van der Waals surface area contributed by atoms with E-state index in [2.05, 4.69) is 26.1 Å². The summed E-state index contributed by atoms with van der Waals surface area (Å²) >= 11 is 3.42. The summed E-state index contributed by atoms with van der Waals surface area (Å²) in [6.45, 7) is 5.15. The smallest absolute Gasteiger partial charge is 0.238 e. The minimum absolute atomic E-state index is 0. The van der Waals surface area contributed by atoms with E-state index in [0.717, 1.165) is 48.2 Å². The number of rotatable bonds is 4. The average molecular weight is 377 g/mol. The van der Waals surface area contributed by atoms with E-state index in [1.807, 2.05) is 25.1 Å². The first-order valence-corrected chi connectivity index (χ1v) is 7.86. The first-order valence-electron chi connectivity index (χ1n) is 7.07. The molecule has 6 heteroatoms. The average Bonchev–Trinajstić information content (AvgIpc) is 2.43. The molecule has 1 amide bonds. The monoisotopic (exact) mass is 375 g/mol. The predicted octanol–water partition coefficient (Wildman–Crippen LogP) is 2.79. The Labute approximate surface area is 141 Å². The van der Waals surface area contributed by atoms with Gasteiger partial charge in [-0.15, -0.1) is 12.4 Å². The number of carbonyl (C=O) groups is 1. The highest BCUT2D eigenvalue weighted by atomic mass is 79.9. The summed E-state index contributed by atoms with van der Waals surface area (Å²) in [6.07, 6.45) is 2.20. The van der Waals surface area contributed by atoms with Crippen molar-refractivity contribution in [2.45, 2.75) is 19.8 Å². The van der Waals surface area contributed by atoms with Crippen LogP contribution in [0.3, 0.4) is 0 Å². The number of aryl methyl sites for hydroxylation is 1. The molecule has 0 atom stereocenters. The number of piperidine rings is 1. The molecule has 0 radical (unpaired) electrons. The summed E-state index contributed by atoms with van der Waals surface area (Å²) in [7, 11) is 0. The third kappa shape index (κ3) is 5.58. The van der Waals surface area contributed by atoms with E-state index < -0.39 is 0 Å². The minimum Gasteiger partial charge on any atom is -0.330 e. The van der Waals surface area contributed by atoms with E-state index in [-0.39, 0.29) is 18.3 Å². The van der Waals surface area contributed by atoms with Crippen molar-refractivity contribution in [3.05, 3.63) is 28.2 Å². The van der Waals surface area contributed by atoms with Gasteiger partial charge in [0, 0.05) is 10.2 Å². The molecule has 118 valence electrons. The van der Waals surface area contributed by atoms with Crippen molar-refractivity contribution in [2.75, 3.05) is 31.5 Å². The SMILES string of the molecule is Cc1cc(Br)ccc1NC(=O)CN1CCC(CN)CC1.Cl. The third-order valence-electron chi connectivity index (χ3n) is 3.87. The second kappa shape index (κ2) is 8.73. The third-order valence-corrected chi connectivity index (χ3v) is 4.36. The summed E-state index contributed by atoms with van der Waals surface area (Å²) in [4.78, 5) is 14.3. The van der Waals surface area contributed by atoms with Crippen LogP contribution in [-0.2, 0) is 4.79 Å². The zero-order valence-electron chi connectivity index (χ0n) is 12.3. The van der Waals surface area contributed by atoms with Crippen molar-refractivity contribution >= 4 is 39.9 Å². The molecule has 1 aliphatic heterocycles. The number of hydrogen-bond donors (Lipinski definition) is 2. The van der Waals surface area contributed by atoms with Crippen molar-refractivity contribution in [1.29, 1.82) is 0 Å². The Bertz CT molecular complexity index is 476. The van der Waals surface area contributed by atoms with Crippen LogP contribution in [0.25, 0.3) is 0 Å². The zero-order valence-corrected chi connectivity index (χ0v) is 14.7. The molecule has 21 heavy (non-hydrogen) atoms. The van der Waals surface area contributed by atoms with Crippen molar-refractivity contribution in [2.24, 2.45) is 11.7 Å². The number of hydrogen-bond acceptors (Lipinski definition) is 3. The first kappa shape index (κ1) is 18.4. The fourth-order valence-corrected chi connectivity index (χ4v) is 3.02. The molecule has 3 N–H and O–H groups in total. The van der Waals surface area contributed by atoms with Gasteiger partial charge in [-0.1, -0.05) is 15.9 Å². The van der Waals surface area contributed by atoms with E-state index >= 15 is 0 Å². The number of halogens is 2. The van der Waals surface area contributed by atoms with Crippen LogP contribution in [0.15, 0.2) is 22.7 Å². The van der Waals surface area contributed by atoms with Gasteiger partial charge < -0.3 is 11.1 Å². The van der Waals surface area contributed by atoms with Gasteiger partial charge in [-0.05, 0) is 69.1 Å². The van der Waals surface area contributed by atoms with Crippen LogP contribution in [0, 0.1) is 12.8 Å². The Morgan fingerprint density at radius 1 is 1.43 bits per heavy atom. The van der Waals surface area contributed by atoms with Gasteiger partial charge in [-0.2, -0.15) is 0 Å². The molecule has 1 aromatic carbocycles. The van der Waals surface area contributed by atoms with E-state index in [4.69, 9.17) is 5.73 Å². The minimum atomic E-state index is 0. The van der Waals surface area contributed by atoms with Crippen molar-refractivity contribution in [1.82, 2.24) is 4.90 Å². The Morgan fingerprint density at radius 3 is 2.67 bits per heavy atom. The van der Waals surface area contributed by atoms with Gasteiger partial charge in [0.15, 0.2) is 0 Å². The van der Waals surface area contributed by atoms with Crippen LogP contribution >= 0.6 is 28.3 Å². The van der Waals surface area contributed by atoms with Crippen molar-refractivity contribution < 1.29 is 4.79 Å². The topological polar surface area (TPSA) is 58.4 Å². The number of nitrogens with zero attached hydrogens (tertiary/aromatic N) is 1. The molecule has 4 nitrogen and oxygen atoms in total. The Kier molecular flexibility index (Phi) is 7.66. The predicted molar refractivity (Wildman–Crippen MR) is 93.0 cm³/mol. The Morgan fingerprint density at radius 2 is 2.10 bits per heavy atom. The number of amides is 1. The molecular weight excluding hydrogens is 354 g/mol. The maximum absolute atomic E-state index is 12.1. The lowest BCUT2D eigenvalue weighted by molar-refractivity contribution is -0.117. The lowest BCUT2D eigenvalue weighted by Gasteiger charge is -2.30. The largest absolute Gasteiger partial charge is 0.330 e. The summed E-state index contributed by atoms with van der Waals surface area (Å²) in [5, 5.41) is 2.98. The van der Waals surface area contributed by atoms with Crippen LogP contribution < -0.4 is 11.1 Å². The van der Waals surface area contributed by atoms with Crippen LogP contribution in [0.1, 0.15) is 18.4 Å². The highest BCUT2D eigenvalue weighted by molar-refractivity contribution is 9.10. The maximum atomic E-state index is 12.1. The number of nitrogens with one attached hydrogen (secondary N) is 1. The molecule has 0 bridgehead atoms. The van der Waals surface area contributed by atoms with Gasteiger partial charge in [0.2, 0.25) is 5.91 Å². The molecule has 0 aliphatic carbocycles. The van der Waals surface area contributed by atoms with Gasteiger partial charge in [-0.3, -0.25) is 9.69 Å². The molecule has 0 spiro atoms.